The van der Waals surface area contributed by atoms with Crippen molar-refractivity contribution in [2.75, 3.05) is 13.6 Å². The molecule has 1 atom stereocenters. The first-order valence-electron chi connectivity index (χ1n) is 5.41. The fourth-order valence-corrected chi connectivity index (χ4v) is 2.22. The standard InChI is InChI=1S/C12H18N2/c1-13-14-10-6-5-9-12(14)11-7-3-2-4-8-11/h2-4,7-8,12-13H,5-6,9-10H2,1H3. The maximum Gasteiger partial charge on any atom is 0.0492 e. The van der Waals surface area contributed by atoms with Crippen LogP contribution in [0.15, 0.2) is 30.3 Å². The average Bonchev–Trinajstić information content (AvgIpc) is 2.30. The third-order valence-corrected chi connectivity index (χ3v) is 2.97. The molecule has 2 heteroatoms. The maximum absolute atomic E-state index is 3.29. The lowest BCUT2D eigenvalue weighted by atomic mass is 9.97. The van der Waals surface area contributed by atoms with Crippen LogP contribution >= 0.6 is 0 Å². The Kier molecular flexibility index (Phi) is 3.17. The highest BCUT2D eigenvalue weighted by atomic mass is 15.5. The van der Waals surface area contributed by atoms with Crippen molar-refractivity contribution in [3.05, 3.63) is 35.9 Å². The minimum atomic E-state index is 0.565. The number of benzene rings is 1. The second-order valence-corrected chi connectivity index (χ2v) is 3.84. The van der Waals surface area contributed by atoms with Crippen molar-refractivity contribution in [2.45, 2.75) is 25.3 Å². The number of rotatable bonds is 2. The molecule has 1 fully saturated rings. The SMILES string of the molecule is CNN1CCCCC1c1ccccc1. The Hall–Kier alpha value is -0.860. The van der Waals surface area contributed by atoms with E-state index in [0.29, 0.717) is 6.04 Å². The Morgan fingerprint density at radius 2 is 2.00 bits per heavy atom. The molecule has 1 aliphatic heterocycles. The third-order valence-electron chi connectivity index (χ3n) is 2.97. The van der Waals surface area contributed by atoms with Gasteiger partial charge in [0.2, 0.25) is 0 Å². The van der Waals surface area contributed by atoms with E-state index >= 15 is 0 Å². The molecule has 0 radical (unpaired) electrons. The second-order valence-electron chi connectivity index (χ2n) is 3.84. The fraction of sp³-hybridized carbons (Fsp3) is 0.500. The number of piperidine rings is 1. The molecule has 1 N–H and O–H groups in total. The summed E-state index contributed by atoms with van der Waals surface area (Å²) in [6, 6.07) is 11.3. The van der Waals surface area contributed by atoms with Gasteiger partial charge in [-0.2, -0.15) is 0 Å². The van der Waals surface area contributed by atoms with E-state index in [-0.39, 0.29) is 0 Å². The predicted octanol–water partition coefficient (Wildman–Crippen LogP) is 2.35. The van der Waals surface area contributed by atoms with Crippen molar-refractivity contribution in [1.29, 1.82) is 0 Å². The monoisotopic (exact) mass is 190 g/mol. The van der Waals surface area contributed by atoms with Gasteiger partial charge in [-0.15, -0.1) is 0 Å². The molecule has 0 aliphatic carbocycles. The fourth-order valence-electron chi connectivity index (χ4n) is 2.22. The zero-order valence-electron chi connectivity index (χ0n) is 8.74. The van der Waals surface area contributed by atoms with Gasteiger partial charge in [-0.25, -0.2) is 5.01 Å². The van der Waals surface area contributed by atoms with E-state index < -0.39 is 0 Å². The molecule has 0 bridgehead atoms. The molecule has 1 unspecified atom stereocenters. The molecule has 14 heavy (non-hydrogen) atoms. The van der Waals surface area contributed by atoms with Gasteiger partial charge < -0.3 is 0 Å². The van der Waals surface area contributed by atoms with Crippen molar-refractivity contribution < 1.29 is 0 Å². The third kappa shape index (κ3) is 1.97. The molecule has 0 saturated carbocycles. The van der Waals surface area contributed by atoms with E-state index in [1.807, 2.05) is 7.05 Å². The molecule has 0 amide bonds. The zero-order chi connectivity index (χ0) is 9.80. The average molecular weight is 190 g/mol. The van der Waals surface area contributed by atoms with Crippen molar-refractivity contribution in [2.24, 2.45) is 0 Å². The van der Waals surface area contributed by atoms with Crippen LogP contribution in [-0.4, -0.2) is 18.6 Å². The molecule has 2 nitrogen and oxygen atoms in total. The van der Waals surface area contributed by atoms with Gasteiger partial charge in [-0.3, -0.25) is 5.43 Å². The lowest BCUT2D eigenvalue weighted by molar-refractivity contribution is 0.0984. The van der Waals surface area contributed by atoms with Crippen LogP contribution in [0.2, 0.25) is 0 Å². The predicted molar refractivity (Wildman–Crippen MR) is 58.8 cm³/mol. The van der Waals surface area contributed by atoms with Crippen LogP contribution in [0.25, 0.3) is 0 Å². The Morgan fingerprint density at radius 3 is 2.71 bits per heavy atom. The highest BCUT2D eigenvalue weighted by Crippen LogP contribution is 2.28. The molecule has 0 spiro atoms. The van der Waals surface area contributed by atoms with Crippen LogP contribution in [-0.2, 0) is 0 Å². The van der Waals surface area contributed by atoms with Gasteiger partial charge in [0.25, 0.3) is 0 Å². The van der Waals surface area contributed by atoms with Gasteiger partial charge in [0.15, 0.2) is 0 Å². The summed E-state index contributed by atoms with van der Waals surface area (Å²) in [5.74, 6) is 0. The zero-order valence-corrected chi connectivity index (χ0v) is 8.74. The van der Waals surface area contributed by atoms with E-state index in [2.05, 4.69) is 40.8 Å². The highest BCUT2D eigenvalue weighted by Gasteiger charge is 2.22. The Bertz CT molecular complexity index is 271. The van der Waals surface area contributed by atoms with Gasteiger partial charge in [-0.05, 0) is 25.5 Å². The quantitative estimate of drug-likeness (QED) is 0.770. The van der Waals surface area contributed by atoms with Crippen LogP contribution in [0.1, 0.15) is 30.9 Å². The number of nitrogens with one attached hydrogen (secondary N) is 1. The minimum absolute atomic E-state index is 0.565. The lowest BCUT2D eigenvalue weighted by Gasteiger charge is -2.35. The van der Waals surface area contributed by atoms with Crippen molar-refractivity contribution in [3.63, 3.8) is 0 Å². The van der Waals surface area contributed by atoms with Crippen molar-refractivity contribution in [3.8, 4) is 0 Å². The molecular formula is C12H18N2. The lowest BCUT2D eigenvalue weighted by Crippen LogP contribution is -2.41. The van der Waals surface area contributed by atoms with Crippen LogP contribution in [0.5, 0.6) is 0 Å². The molecule has 1 aromatic rings. The van der Waals surface area contributed by atoms with Gasteiger partial charge in [0, 0.05) is 12.6 Å². The summed E-state index contributed by atoms with van der Waals surface area (Å²) in [5, 5.41) is 2.35. The maximum atomic E-state index is 3.29. The normalized spacial score (nSPS) is 23.6. The van der Waals surface area contributed by atoms with E-state index in [1.165, 1.54) is 24.8 Å². The summed E-state index contributed by atoms with van der Waals surface area (Å²) in [6.07, 6.45) is 3.92. The number of hydrogen-bond acceptors (Lipinski definition) is 2. The summed E-state index contributed by atoms with van der Waals surface area (Å²) < 4.78 is 0. The summed E-state index contributed by atoms with van der Waals surface area (Å²) in [6.45, 7) is 1.16. The summed E-state index contributed by atoms with van der Waals surface area (Å²) in [5.41, 5.74) is 4.72. The van der Waals surface area contributed by atoms with Crippen molar-refractivity contribution in [1.82, 2.24) is 10.4 Å². The number of nitrogens with zero attached hydrogens (tertiary/aromatic N) is 1. The van der Waals surface area contributed by atoms with Gasteiger partial charge in [0.1, 0.15) is 0 Å². The number of hydrogen-bond donors (Lipinski definition) is 1. The molecule has 0 aromatic heterocycles. The van der Waals surface area contributed by atoms with E-state index in [9.17, 15) is 0 Å². The Balaban J connectivity index is 2.15. The summed E-state index contributed by atoms with van der Waals surface area (Å²) in [4.78, 5) is 0. The smallest absolute Gasteiger partial charge is 0.0492 e. The Labute approximate surface area is 85.9 Å². The van der Waals surface area contributed by atoms with Gasteiger partial charge in [0.05, 0.1) is 0 Å². The van der Waals surface area contributed by atoms with E-state index in [4.69, 9.17) is 0 Å². The molecule has 76 valence electrons. The molecule has 1 aliphatic rings. The van der Waals surface area contributed by atoms with Gasteiger partial charge >= 0.3 is 0 Å². The topological polar surface area (TPSA) is 15.3 Å². The minimum Gasteiger partial charge on any atom is -0.258 e. The first kappa shape index (κ1) is 9.69. The number of hydrazine groups is 1. The molecular weight excluding hydrogens is 172 g/mol. The second kappa shape index (κ2) is 4.58. The highest BCUT2D eigenvalue weighted by molar-refractivity contribution is 5.19. The van der Waals surface area contributed by atoms with Crippen LogP contribution < -0.4 is 5.43 Å². The van der Waals surface area contributed by atoms with Crippen LogP contribution in [0.3, 0.4) is 0 Å². The van der Waals surface area contributed by atoms with Gasteiger partial charge in [-0.1, -0.05) is 36.8 Å². The molecule has 2 rings (SSSR count). The largest absolute Gasteiger partial charge is 0.258 e. The van der Waals surface area contributed by atoms with E-state index in [1.54, 1.807) is 0 Å². The van der Waals surface area contributed by atoms with Crippen molar-refractivity contribution >= 4 is 0 Å². The molecule has 1 saturated heterocycles. The molecule has 1 heterocycles. The first-order chi connectivity index (χ1) is 6.92. The van der Waals surface area contributed by atoms with Crippen LogP contribution in [0.4, 0.5) is 0 Å². The molecule has 1 aromatic carbocycles. The van der Waals surface area contributed by atoms with E-state index in [0.717, 1.165) is 6.54 Å². The van der Waals surface area contributed by atoms with Crippen LogP contribution in [0, 0.1) is 0 Å². The first-order valence-corrected chi connectivity index (χ1v) is 5.41. The summed E-state index contributed by atoms with van der Waals surface area (Å²) in [7, 11) is 2.02. The Morgan fingerprint density at radius 1 is 1.21 bits per heavy atom. The summed E-state index contributed by atoms with van der Waals surface area (Å²) >= 11 is 0.